The highest BCUT2D eigenvalue weighted by Crippen LogP contribution is 2.26. The van der Waals surface area contributed by atoms with Crippen LogP contribution < -0.4 is 22.2 Å². The molecule has 0 aliphatic carbocycles. The van der Waals surface area contributed by atoms with Crippen LogP contribution in [-0.4, -0.2) is 28.3 Å². The van der Waals surface area contributed by atoms with Gasteiger partial charge in [-0.3, -0.25) is 10.2 Å². The second kappa shape index (κ2) is 7.31. The SMILES string of the molecule is N=CC=NNc1cc(Br)cc(Nc2nc(N)ncc2C(N)=O)c1. The number of carbonyl (C=O) groups is 1. The summed E-state index contributed by atoms with van der Waals surface area (Å²) in [5.74, 6) is -0.449. The van der Waals surface area contributed by atoms with Crippen LogP contribution in [-0.2, 0) is 0 Å². The summed E-state index contributed by atoms with van der Waals surface area (Å²) in [4.78, 5) is 19.2. The standard InChI is InChI=1S/C13H13BrN8O/c14-7-3-8(5-9(4-7)22-19-2-1-15)20-12-10(11(16)23)6-18-13(17)21-12/h1-6,15,22H,(H2,16,23)(H3,17,18,20,21). The van der Waals surface area contributed by atoms with E-state index in [-0.39, 0.29) is 17.3 Å². The number of hydrazone groups is 1. The molecule has 2 aromatic rings. The number of nitrogen functional groups attached to an aromatic ring is 1. The Morgan fingerprint density at radius 1 is 1.35 bits per heavy atom. The molecule has 0 spiro atoms. The Morgan fingerprint density at radius 2 is 2.09 bits per heavy atom. The van der Waals surface area contributed by atoms with Crippen molar-refractivity contribution in [3.05, 3.63) is 34.4 Å². The van der Waals surface area contributed by atoms with Gasteiger partial charge in [-0.2, -0.15) is 10.1 Å². The topological polar surface area (TPSA) is 155 Å². The highest BCUT2D eigenvalue weighted by Gasteiger charge is 2.12. The number of anilines is 4. The number of halogens is 1. The van der Waals surface area contributed by atoms with Crippen LogP contribution >= 0.6 is 15.9 Å². The fraction of sp³-hybridized carbons (Fsp3) is 0. The number of amides is 1. The fourth-order valence-corrected chi connectivity index (χ4v) is 2.18. The van der Waals surface area contributed by atoms with Crippen LogP contribution in [0.15, 0.2) is 34.0 Å². The van der Waals surface area contributed by atoms with Crippen molar-refractivity contribution in [2.24, 2.45) is 10.8 Å². The third-order valence-electron chi connectivity index (χ3n) is 2.58. The molecule has 7 N–H and O–H groups in total. The van der Waals surface area contributed by atoms with E-state index in [1.165, 1.54) is 12.4 Å². The maximum absolute atomic E-state index is 11.4. The van der Waals surface area contributed by atoms with E-state index >= 15 is 0 Å². The Bertz CT molecular complexity index is 777. The van der Waals surface area contributed by atoms with Crippen LogP contribution in [0.2, 0.25) is 0 Å². The highest BCUT2D eigenvalue weighted by molar-refractivity contribution is 9.10. The van der Waals surface area contributed by atoms with E-state index in [0.29, 0.717) is 11.4 Å². The van der Waals surface area contributed by atoms with Gasteiger partial charge in [0.15, 0.2) is 0 Å². The number of nitrogens with two attached hydrogens (primary N) is 2. The minimum atomic E-state index is -0.670. The zero-order chi connectivity index (χ0) is 16.8. The Labute approximate surface area is 139 Å². The third kappa shape index (κ3) is 4.48. The molecule has 118 valence electrons. The maximum atomic E-state index is 11.4. The summed E-state index contributed by atoms with van der Waals surface area (Å²) < 4.78 is 0.762. The van der Waals surface area contributed by atoms with Crippen LogP contribution in [0, 0.1) is 5.41 Å². The number of nitrogens with one attached hydrogen (secondary N) is 3. The number of carbonyl (C=O) groups excluding carboxylic acids is 1. The van der Waals surface area contributed by atoms with Crippen molar-refractivity contribution in [2.75, 3.05) is 16.5 Å². The molecule has 10 heteroatoms. The van der Waals surface area contributed by atoms with Crippen molar-refractivity contribution in [3.63, 3.8) is 0 Å². The smallest absolute Gasteiger partial charge is 0.254 e. The van der Waals surface area contributed by atoms with Crippen molar-refractivity contribution in [3.8, 4) is 0 Å². The Hall–Kier alpha value is -3.01. The molecular formula is C13H13BrN8O. The monoisotopic (exact) mass is 376 g/mol. The van der Waals surface area contributed by atoms with Crippen LogP contribution in [0.25, 0.3) is 0 Å². The molecule has 1 aromatic heterocycles. The zero-order valence-electron chi connectivity index (χ0n) is 11.7. The summed E-state index contributed by atoms with van der Waals surface area (Å²) in [6.45, 7) is 0. The van der Waals surface area contributed by atoms with Crippen LogP contribution in [0.3, 0.4) is 0 Å². The zero-order valence-corrected chi connectivity index (χ0v) is 13.3. The molecule has 0 saturated carbocycles. The molecule has 1 aromatic carbocycles. The number of primary amides is 1. The lowest BCUT2D eigenvalue weighted by molar-refractivity contribution is 0.100. The molecule has 1 amide bonds. The molecule has 0 bridgehead atoms. The maximum Gasteiger partial charge on any atom is 0.254 e. The van der Waals surface area contributed by atoms with Gasteiger partial charge in [0.1, 0.15) is 11.4 Å². The van der Waals surface area contributed by atoms with Gasteiger partial charge in [0, 0.05) is 22.6 Å². The number of aromatic nitrogens is 2. The first kappa shape index (κ1) is 16.4. The van der Waals surface area contributed by atoms with Crippen molar-refractivity contribution in [1.82, 2.24) is 9.97 Å². The summed E-state index contributed by atoms with van der Waals surface area (Å²) >= 11 is 3.37. The predicted molar refractivity (Wildman–Crippen MR) is 93.3 cm³/mol. The molecule has 0 atom stereocenters. The van der Waals surface area contributed by atoms with E-state index in [2.05, 4.69) is 41.7 Å². The summed E-state index contributed by atoms with van der Waals surface area (Å²) in [5, 5.41) is 13.7. The molecule has 0 saturated heterocycles. The molecule has 0 aliphatic heterocycles. The second-order valence-corrected chi connectivity index (χ2v) is 5.18. The lowest BCUT2D eigenvalue weighted by atomic mass is 10.2. The summed E-state index contributed by atoms with van der Waals surface area (Å²) in [6.07, 6.45) is 3.61. The molecule has 0 radical (unpaired) electrons. The molecule has 0 fully saturated rings. The van der Waals surface area contributed by atoms with Gasteiger partial charge in [-0.1, -0.05) is 15.9 Å². The lowest BCUT2D eigenvalue weighted by Crippen LogP contribution is -2.15. The molecule has 1 heterocycles. The lowest BCUT2D eigenvalue weighted by Gasteiger charge is -2.11. The van der Waals surface area contributed by atoms with Gasteiger partial charge in [-0.25, -0.2) is 4.98 Å². The summed E-state index contributed by atoms with van der Waals surface area (Å²) in [5.41, 5.74) is 15.0. The van der Waals surface area contributed by atoms with Crippen molar-refractivity contribution in [1.29, 1.82) is 5.41 Å². The second-order valence-electron chi connectivity index (χ2n) is 4.26. The third-order valence-corrected chi connectivity index (χ3v) is 3.03. The number of rotatable bonds is 6. The van der Waals surface area contributed by atoms with Gasteiger partial charge in [0.2, 0.25) is 5.95 Å². The van der Waals surface area contributed by atoms with E-state index in [9.17, 15) is 4.79 Å². The van der Waals surface area contributed by atoms with E-state index in [1.807, 2.05) is 0 Å². The van der Waals surface area contributed by atoms with Gasteiger partial charge in [0.05, 0.1) is 11.9 Å². The minimum absolute atomic E-state index is 0.0152. The normalized spacial score (nSPS) is 10.5. The van der Waals surface area contributed by atoms with Gasteiger partial charge in [0.25, 0.3) is 5.91 Å². The van der Waals surface area contributed by atoms with Crippen LogP contribution in [0.4, 0.5) is 23.1 Å². The molecule has 23 heavy (non-hydrogen) atoms. The largest absolute Gasteiger partial charge is 0.368 e. The average molecular weight is 377 g/mol. The highest BCUT2D eigenvalue weighted by atomic mass is 79.9. The quantitative estimate of drug-likeness (QED) is 0.381. The molecule has 9 nitrogen and oxygen atoms in total. The molecule has 2 rings (SSSR count). The first-order valence-electron chi connectivity index (χ1n) is 6.27. The fourth-order valence-electron chi connectivity index (χ4n) is 1.68. The minimum Gasteiger partial charge on any atom is -0.368 e. The van der Waals surface area contributed by atoms with Crippen LogP contribution in [0.1, 0.15) is 10.4 Å². The van der Waals surface area contributed by atoms with Crippen molar-refractivity contribution < 1.29 is 4.79 Å². The van der Waals surface area contributed by atoms with Crippen LogP contribution in [0.5, 0.6) is 0 Å². The van der Waals surface area contributed by atoms with Gasteiger partial charge in [-0.05, 0) is 18.2 Å². The average Bonchev–Trinajstić information content (AvgIpc) is 2.46. The van der Waals surface area contributed by atoms with Gasteiger partial charge < -0.3 is 22.2 Å². The van der Waals surface area contributed by atoms with Gasteiger partial charge in [-0.15, -0.1) is 0 Å². The van der Waals surface area contributed by atoms with E-state index in [4.69, 9.17) is 16.9 Å². The Balaban J connectivity index is 2.33. The first-order valence-corrected chi connectivity index (χ1v) is 7.07. The molecular weight excluding hydrogens is 364 g/mol. The van der Waals surface area contributed by atoms with E-state index < -0.39 is 5.91 Å². The number of benzene rings is 1. The first-order chi connectivity index (χ1) is 11.0. The van der Waals surface area contributed by atoms with Gasteiger partial charge >= 0.3 is 0 Å². The molecule has 0 unspecified atom stereocenters. The number of nitrogens with zero attached hydrogens (tertiary/aromatic N) is 3. The summed E-state index contributed by atoms with van der Waals surface area (Å²) in [6, 6.07) is 5.29. The van der Waals surface area contributed by atoms with E-state index in [0.717, 1.165) is 10.7 Å². The van der Waals surface area contributed by atoms with E-state index in [1.54, 1.807) is 18.2 Å². The Morgan fingerprint density at radius 3 is 2.78 bits per heavy atom. The van der Waals surface area contributed by atoms with Crippen molar-refractivity contribution in [2.45, 2.75) is 0 Å². The number of hydrogen-bond acceptors (Lipinski definition) is 8. The summed E-state index contributed by atoms with van der Waals surface area (Å²) in [7, 11) is 0. The van der Waals surface area contributed by atoms with Crippen molar-refractivity contribution >= 4 is 57.4 Å². The molecule has 0 aliphatic rings. The predicted octanol–water partition coefficient (Wildman–Crippen LogP) is 1.71. The Kier molecular flexibility index (Phi) is 5.20. The number of hydrogen-bond donors (Lipinski definition) is 5.